The van der Waals surface area contributed by atoms with Gasteiger partial charge in [0.2, 0.25) is 0 Å². The number of benzene rings is 2. The van der Waals surface area contributed by atoms with Crippen molar-refractivity contribution < 1.29 is 41.9 Å². The number of nitrogens with one attached hydrogen (secondary N) is 1. The zero-order valence-corrected chi connectivity index (χ0v) is 17.4. The number of hydrogen-bond donors (Lipinski definition) is 3. The zero-order chi connectivity index (χ0) is 22.9. The van der Waals surface area contributed by atoms with E-state index in [1.165, 1.54) is 31.4 Å². The van der Waals surface area contributed by atoms with Crippen molar-refractivity contribution in [1.29, 1.82) is 0 Å². The normalized spacial score (nSPS) is 13.1. The Morgan fingerprint density at radius 1 is 1.06 bits per heavy atom. The second kappa shape index (κ2) is 11.4. The Hall–Kier alpha value is -2.99. The van der Waals surface area contributed by atoms with Gasteiger partial charge in [0.15, 0.2) is 6.29 Å². The lowest BCUT2D eigenvalue weighted by Gasteiger charge is -2.23. The van der Waals surface area contributed by atoms with Gasteiger partial charge in [0.1, 0.15) is 18.4 Å². The van der Waals surface area contributed by atoms with Crippen LogP contribution in [0.1, 0.15) is 23.6 Å². The number of rotatable bonds is 10. The molecule has 2 aromatic rings. The van der Waals surface area contributed by atoms with E-state index in [4.69, 9.17) is 18.8 Å². The van der Waals surface area contributed by atoms with E-state index in [1.54, 1.807) is 12.1 Å². The van der Waals surface area contributed by atoms with Crippen LogP contribution in [0.5, 0.6) is 5.75 Å². The first-order chi connectivity index (χ1) is 14.7. The Balaban J connectivity index is 1.98. The summed E-state index contributed by atoms with van der Waals surface area (Å²) in [6.07, 6.45) is -2.67. The lowest BCUT2D eigenvalue weighted by Crippen LogP contribution is -2.37. The van der Waals surface area contributed by atoms with Gasteiger partial charge in [-0.05, 0) is 23.3 Å². The Morgan fingerprint density at radius 3 is 2.29 bits per heavy atom. The molecule has 0 saturated heterocycles. The minimum Gasteiger partial charge on any atom is -0.445 e. The predicted molar refractivity (Wildman–Crippen MR) is 109 cm³/mol. The van der Waals surface area contributed by atoms with E-state index in [1.807, 2.05) is 18.2 Å². The quantitative estimate of drug-likeness (QED) is 0.212. The van der Waals surface area contributed by atoms with Gasteiger partial charge in [-0.15, -0.1) is 0 Å². The number of amides is 1. The highest BCUT2D eigenvalue weighted by molar-refractivity contribution is 7.85. The summed E-state index contributed by atoms with van der Waals surface area (Å²) >= 11 is 0. The summed E-state index contributed by atoms with van der Waals surface area (Å²) in [6, 6.07) is 13.8. The van der Waals surface area contributed by atoms with Crippen molar-refractivity contribution in [2.45, 2.75) is 25.4 Å². The van der Waals surface area contributed by atoms with E-state index in [2.05, 4.69) is 5.32 Å². The van der Waals surface area contributed by atoms with E-state index in [0.29, 0.717) is 5.56 Å². The SMILES string of the molecule is COC(O)C(NC(=O)OCc1ccccc1)c1ccc(OC(=O)CCS(=O)(=O)O)cc1. The van der Waals surface area contributed by atoms with E-state index < -0.39 is 46.7 Å². The van der Waals surface area contributed by atoms with Gasteiger partial charge < -0.3 is 24.6 Å². The topological polar surface area (TPSA) is 148 Å². The van der Waals surface area contributed by atoms with Crippen LogP contribution in [0.4, 0.5) is 4.79 Å². The zero-order valence-electron chi connectivity index (χ0n) is 16.6. The molecular formula is C20H23NO9S. The minimum atomic E-state index is -4.27. The van der Waals surface area contributed by atoms with Crippen molar-refractivity contribution in [3.05, 3.63) is 65.7 Å². The predicted octanol–water partition coefficient (Wildman–Crippen LogP) is 1.80. The van der Waals surface area contributed by atoms with E-state index in [9.17, 15) is 23.1 Å². The molecule has 11 heteroatoms. The maximum absolute atomic E-state index is 12.1. The average Bonchev–Trinajstić information content (AvgIpc) is 2.75. The fourth-order valence-electron chi connectivity index (χ4n) is 2.49. The average molecular weight is 453 g/mol. The molecule has 3 N–H and O–H groups in total. The third-order valence-corrected chi connectivity index (χ3v) is 4.77. The van der Waals surface area contributed by atoms with Crippen molar-refractivity contribution in [1.82, 2.24) is 5.32 Å². The molecule has 2 aromatic carbocycles. The molecule has 2 rings (SSSR count). The minimum absolute atomic E-state index is 0.0426. The van der Waals surface area contributed by atoms with Gasteiger partial charge in [-0.25, -0.2) is 4.79 Å². The largest absolute Gasteiger partial charge is 0.445 e. The molecule has 10 nitrogen and oxygen atoms in total. The summed E-state index contributed by atoms with van der Waals surface area (Å²) in [7, 11) is -3.01. The molecule has 0 bridgehead atoms. The van der Waals surface area contributed by atoms with Gasteiger partial charge in [0.25, 0.3) is 10.1 Å². The third-order valence-electron chi connectivity index (χ3n) is 4.05. The van der Waals surface area contributed by atoms with Crippen molar-refractivity contribution in [2.75, 3.05) is 12.9 Å². The van der Waals surface area contributed by atoms with Gasteiger partial charge in [0.05, 0.1) is 12.2 Å². The first kappa shape index (κ1) is 24.3. The first-order valence-corrected chi connectivity index (χ1v) is 10.7. The van der Waals surface area contributed by atoms with E-state index in [-0.39, 0.29) is 12.4 Å². The summed E-state index contributed by atoms with van der Waals surface area (Å²) in [5.41, 5.74) is 1.23. The van der Waals surface area contributed by atoms with Gasteiger partial charge in [-0.1, -0.05) is 42.5 Å². The summed E-state index contributed by atoms with van der Waals surface area (Å²) in [5, 5.41) is 12.6. The molecule has 1 amide bonds. The third kappa shape index (κ3) is 8.72. The fraction of sp³-hybridized carbons (Fsp3) is 0.300. The van der Waals surface area contributed by atoms with Gasteiger partial charge in [-0.3, -0.25) is 9.35 Å². The number of esters is 1. The number of hydrogen-bond acceptors (Lipinski definition) is 8. The van der Waals surface area contributed by atoms with Gasteiger partial charge >= 0.3 is 12.1 Å². The number of carbonyl (C=O) groups is 2. The molecule has 0 aliphatic heterocycles. The van der Waals surface area contributed by atoms with Crippen LogP contribution in [0.15, 0.2) is 54.6 Å². The van der Waals surface area contributed by atoms with Crippen LogP contribution >= 0.6 is 0 Å². The standard InChI is InChI=1S/C20H23NO9S/c1-28-19(23)18(21-20(24)29-13-14-5-3-2-4-6-14)15-7-9-16(10-8-15)30-17(22)11-12-31(25,26)27/h2-10,18-19,23H,11-13H2,1H3,(H,21,24)(H,25,26,27). The van der Waals surface area contributed by atoms with Crippen LogP contribution in [0.25, 0.3) is 0 Å². The second-order valence-corrected chi connectivity index (χ2v) is 7.96. The molecule has 0 heterocycles. The molecule has 2 unspecified atom stereocenters. The molecule has 0 radical (unpaired) electrons. The highest BCUT2D eigenvalue weighted by Gasteiger charge is 2.24. The first-order valence-electron chi connectivity index (χ1n) is 9.12. The van der Waals surface area contributed by atoms with Crippen LogP contribution in [-0.2, 0) is 31.0 Å². The van der Waals surface area contributed by atoms with Crippen LogP contribution < -0.4 is 10.1 Å². The van der Waals surface area contributed by atoms with Crippen LogP contribution in [-0.4, -0.2) is 49.3 Å². The maximum Gasteiger partial charge on any atom is 0.408 e. The molecule has 0 aromatic heterocycles. The summed E-state index contributed by atoms with van der Waals surface area (Å²) in [5.74, 6) is -1.48. The monoisotopic (exact) mass is 453 g/mol. The van der Waals surface area contributed by atoms with Crippen molar-refractivity contribution >= 4 is 22.2 Å². The molecular weight excluding hydrogens is 430 g/mol. The number of methoxy groups -OCH3 is 1. The summed E-state index contributed by atoms with van der Waals surface area (Å²) in [4.78, 5) is 23.8. The molecule has 0 fully saturated rings. The van der Waals surface area contributed by atoms with Gasteiger partial charge in [-0.2, -0.15) is 8.42 Å². The molecule has 0 aliphatic rings. The number of carbonyl (C=O) groups excluding carboxylic acids is 2. The molecule has 0 saturated carbocycles. The highest BCUT2D eigenvalue weighted by atomic mass is 32.2. The second-order valence-electron chi connectivity index (χ2n) is 6.39. The lowest BCUT2D eigenvalue weighted by molar-refractivity contribution is -0.133. The highest BCUT2D eigenvalue weighted by Crippen LogP contribution is 2.22. The van der Waals surface area contributed by atoms with Gasteiger partial charge in [0, 0.05) is 7.11 Å². The Bertz CT molecular complexity index is 962. The van der Waals surface area contributed by atoms with E-state index in [0.717, 1.165) is 5.56 Å². The summed E-state index contributed by atoms with van der Waals surface area (Å²) < 4.78 is 45.1. The Labute approximate surface area is 179 Å². The smallest absolute Gasteiger partial charge is 0.408 e. The van der Waals surface area contributed by atoms with Crippen molar-refractivity contribution in [3.8, 4) is 5.75 Å². The number of aliphatic hydroxyl groups excluding tert-OH is 1. The van der Waals surface area contributed by atoms with Crippen LogP contribution in [0.2, 0.25) is 0 Å². The number of alkyl carbamates (subject to hydrolysis) is 1. The van der Waals surface area contributed by atoms with Crippen molar-refractivity contribution in [3.63, 3.8) is 0 Å². The Morgan fingerprint density at radius 2 is 1.71 bits per heavy atom. The number of ether oxygens (including phenoxy) is 3. The molecule has 2 atom stereocenters. The Kier molecular flexibility index (Phi) is 8.94. The fourth-order valence-corrected chi connectivity index (χ4v) is 2.91. The maximum atomic E-state index is 12.1. The number of aliphatic hydroxyl groups is 1. The molecule has 31 heavy (non-hydrogen) atoms. The van der Waals surface area contributed by atoms with Crippen LogP contribution in [0.3, 0.4) is 0 Å². The molecule has 0 spiro atoms. The van der Waals surface area contributed by atoms with E-state index >= 15 is 0 Å². The van der Waals surface area contributed by atoms with Crippen LogP contribution in [0, 0.1) is 0 Å². The summed E-state index contributed by atoms with van der Waals surface area (Å²) in [6.45, 7) is 0.0426. The van der Waals surface area contributed by atoms with Crippen molar-refractivity contribution in [2.24, 2.45) is 0 Å². The lowest BCUT2D eigenvalue weighted by atomic mass is 10.1. The molecule has 168 valence electrons. The molecule has 0 aliphatic carbocycles.